The van der Waals surface area contributed by atoms with Gasteiger partial charge in [-0.1, -0.05) is 19.0 Å². The predicted molar refractivity (Wildman–Crippen MR) is 172 cm³/mol. The minimum Gasteiger partial charge on any atom is -0.444 e. The maximum absolute atomic E-state index is 15.0. The van der Waals surface area contributed by atoms with Crippen molar-refractivity contribution in [3.63, 3.8) is 0 Å². The molecule has 2 saturated heterocycles. The highest BCUT2D eigenvalue weighted by Gasteiger charge is 2.39. The molecule has 2 aliphatic rings. The Hall–Kier alpha value is -4.36. The summed E-state index contributed by atoms with van der Waals surface area (Å²) in [7, 11) is 0. The van der Waals surface area contributed by atoms with Crippen LogP contribution < -0.4 is 15.1 Å². The molecule has 14 heteroatoms. The number of benzene rings is 1. The number of anilines is 2. The molecule has 0 saturated carbocycles. The van der Waals surface area contributed by atoms with Gasteiger partial charge in [-0.15, -0.1) is 0 Å². The fourth-order valence-electron chi connectivity index (χ4n) is 6.14. The Bertz CT molecular complexity index is 1570. The van der Waals surface area contributed by atoms with E-state index in [2.05, 4.69) is 30.3 Å². The first kappa shape index (κ1) is 34.0. The fraction of sp³-hybridized carbons (Fsp3) is 0.576. The molecule has 254 valence electrons. The Labute approximate surface area is 273 Å². The molecule has 2 fully saturated rings. The molecule has 1 N–H and O–H groups in total. The van der Waals surface area contributed by atoms with Gasteiger partial charge in [0.1, 0.15) is 17.2 Å². The molecule has 3 aromatic rings. The van der Waals surface area contributed by atoms with E-state index in [0.717, 1.165) is 18.9 Å². The summed E-state index contributed by atoms with van der Waals surface area (Å²) in [6.45, 7) is 15.2. The van der Waals surface area contributed by atoms with Crippen LogP contribution in [0.2, 0.25) is 0 Å². The molecule has 4 heterocycles. The third-order valence-corrected chi connectivity index (χ3v) is 8.59. The summed E-state index contributed by atoms with van der Waals surface area (Å²) in [4.78, 5) is 45.5. The Morgan fingerprint density at radius 1 is 1.09 bits per heavy atom. The van der Waals surface area contributed by atoms with E-state index in [0.29, 0.717) is 48.5 Å². The van der Waals surface area contributed by atoms with E-state index in [1.165, 1.54) is 18.5 Å². The zero-order valence-corrected chi connectivity index (χ0v) is 28.1. The highest BCUT2D eigenvalue weighted by molar-refractivity contribution is 5.94. The zero-order valence-electron chi connectivity index (χ0n) is 28.1. The van der Waals surface area contributed by atoms with Crippen molar-refractivity contribution in [2.75, 3.05) is 42.5 Å². The average Bonchev–Trinajstić information content (AvgIpc) is 3.67. The van der Waals surface area contributed by atoms with Crippen LogP contribution in [0.3, 0.4) is 0 Å². The number of alkyl carbamates (subject to hydrolysis) is 1. The summed E-state index contributed by atoms with van der Waals surface area (Å²) >= 11 is 0. The number of ether oxygens (including phenoxy) is 1. The lowest BCUT2D eigenvalue weighted by Gasteiger charge is -2.37. The third kappa shape index (κ3) is 7.79. The number of halogens is 2. The standard InChI is InChI=1S/C33H44F2N8O4/c1-8-43(22-9-11-41(12-10-22)31-39-28(19(2)3)40-47-31)29(44)21-15-36-30(37-16-21)42-17-24(23-13-20(4)25(34)14-26(23)35)27(18-42)38-32(45)46-33(5,6)7/h13-16,19,22,24,27H,8-12,17-18H2,1-7H3,(H,38,45). The largest absolute Gasteiger partial charge is 0.444 e. The van der Waals surface area contributed by atoms with Gasteiger partial charge in [0.05, 0.1) is 11.6 Å². The zero-order chi connectivity index (χ0) is 34.0. The Balaban J connectivity index is 1.27. The number of hydrogen-bond donors (Lipinski definition) is 1. The van der Waals surface area contributed by atoms with Gasteiger partial charge in [0.2, 0.25) is 5.95 Å². The van der Waals surface area contributed by atoms with Crippen LogP contribution in [0.25, 0.3) is 0 Å². The monoisotopic (exact) mass is 654 g/mol. The lowest BCUT2D eigenvalue weighted by Crippen LogP contribution is -2.47. The van der Waals surface area contributed by atoms with Crippen LogP contribution in [0.4, 0.5) is 25.5 Å². The molecular formula is C33H44F2N8O4. The van der Waals surface area contributed by atoms with Crippen molar-refractivity contribution in [3.8, 4) is 0 Å². The number of carbonyl (C=O) groups excluding carboxylic acids is 2. The molecular weight excluding hydrogens is 610 g/mol. The van der Waals surface area contributed by atoms with Crippen LogP contribution in [0.15, 0.2) is 29.0 Å². The van der Waals surface area contributed by atoms with Gasteiger partial charge in [0.25, 0.3) is 5.91 Å². The summed E-state index contributed by atoms with van der Waals surface area (Å²) in [5.74, 6) is -0.844. The molecule has 2 amide bonds. The summed E-state index contributed by atoms with van der Waals surface area (Å²) < 4.78 is 40.0. The topological polar surface area (TPSA) is 130 Å². The second kappa shape index (κ2) is 13.8. The van der Waals surface area contributed by atoms with Crippen molar-refractivity contribution in [2.24, 2.45) is 0 Å². The first-order valence-electron chi connectivity index (χ1n) is 16.2. The minimum atomic E-state index is -0.726. The molecule has 2 aromatic heterocycles. The minimum absolute atomic E-state index is 0.0315. The van der Waals surface area contributed by atoms with Gasteiger partial charge >= 0.3 is 12.1 Å². The van der Waals surface area contributed by atoms with E-state index < -0.39 is 35.3 Å². The van der Waals surface area contributed by atoms with E-state index in [-0.39, 0.29) is 36.5 Å². The van der Waals surface area contributed by atoms with Gasteiger partial charge in [-0.2, -0.15) is 4.98 Å². The molecule has 0 spiro atoms. The lowest BCUT2D eigenvalue weighted by atomic mass is 9.92. The maximum Gasteiger partial charge on any atom is 0.407 e. The molecule has 2 unspecified atom stereocenters. The van der Waals surface area contributed by atoms with Gasteiger partial charge in [-0.05, 0) is 64.7 Å². The Morgan fingerprint density at radius 3 is 2.36 bits per heavy atom. The molecule has 2 aliphatic heterocycles. The highest BCUT2D eigenvalue weighted by Crippen LogP contribution is 2.33. The highest BCUT2D eigenvalue weighted by atomic mass is 19.1. The number of nitrogens with one attached hydrogen (secondary N) is 1. The van der Waals surface area contributed by atoms with Gasteiger partial charge < -0.3 is 29.3 Å². The number of nitrogens with zero attached hydrogens (tertiary/aromatic N) is 7. The number of aryl methyl sites for hydroxylation is 1. The van der Waals surface area contributed by atoms with Crippen LogP contribution in [0.5, 0.6) is 0 Å². The van der Waals surface area contributed by atoms with Crippen molar-refractivity contribution in [3.05, 3.63) is 58.7 Å². The summed E-state index contributed by atoms with van der Waals surface area (Å²) in [5.41, 5.74) is 0.214. The van der Waals surface area contributed by atoms with Crippen LogP contribution >= 0.6 is 0 Å². The second-order valence-electron chi connectivity index (χ2n) is 13.6. The van der Waals surface area contributed by atoms with E-state index >= 15 is 4.39 Å². The summed E-state index contributed by atoms with van der Waals surface area (Å²) in [6, 6.07) is 2.31. The first-order chi connectivity index (χ1) is 22.2. The number of amides is 2. The average molecular weight is 655 g/mol. The first-order valence-corrected chi connectivity index (χ1v) is 16.2. The maximum atomic E-state index is 15.0. The Kier molecular flexibility index (Phi) is 9.97. The molecule has 1 aromatic carbocycles. The number of carbonyl (C=O) groups is 2. The third-order valence-electron chi connectivity index (χ3n) is 8.59. The van der Waals surface area contributed by atoms with Crippen molar-refractivity contribution in [1.82, 2.24) is 30.3 Å². The second-order valence-corrected chi connectivity index (χ2v) is 13.6. The van der Waals surface area contributed by atoms with Crippen molar-refractivity contribution in [1.29, 1.82) is 0 Å². The van der Waals surface area contributed by atoms with Crippen molar-refractivity contribution < 1.29 is 27.6 Å². The van der Waals surface area contributed by atoms with Crippen LogP contribution in [0.1, 0.15) is 93.5 Å². The molecule has 0 aliphatic carbocycles. The van der Waals surface area contributed by atoms with E-state index in [1.807, 2.05) is 30.6 Å². The van der Waals surface area contributed by atoms with E-state index in [4.69, 9.17) is 9.26 Å². The molecule has 5 rings (SSSR count). The molecule has 12 nitrogen and oxygen atoms in total. The van der Waals surface area contributed by atoms with Gasteiger partial charge in [0.15, 0.2) is 5.82 Å². The molecule has 2 atom stereocenters. The number of piperidine rings is 1. The van der Waals surface area contributed by atoms with Crippen LogP contribution in [-0.4, -0.2) is 87.4 Å². The van der Waals surface area contributed by atoms with Gasteiger partial charge in [-0.3, -0.25) is 4.79 Å². The summed E-state index contributed by atoms with van der Waals surface area (Å²) in [5, 5.41) is 6.92. The molecule has 0 bridgehead atoms. The van der Waals surface area contributed by atoms with Gasteiger partial charge in [-0.25, -0.2) is 23.5 Å². The van der Waals surface area contributed by atoms with Crippen LogP contribution in [0, 0.1) is 18.6 Å². The fourth-order valence-corrected chi connectivity index (χ4v) is 6.14. The van der Waals surface area contributed by atoms with Crippen molar-refractivity contribution >= 4 is 24.0 Å². The smallest absolute Gasteiger partial charge is 0.407 e. The van der Waals surface area contributed by atoms with Crippen LogP contribution in [-0.2, 0) is 4.74 Å². The molecule has 0 radical (unpaired) electrons. The quantitative estimate of drug-likeness (QED) is 0.346. The van der Waals surface area contributed by atoms with Gasteiger partial charge in [0, 0.05) is 69.1 Å². The lowest BCUT2D eigenvalue weighted by molar-refractivity contribution is 0.0504. The van der Waals surface area contributed by atoms with E-state index in [9.17, 15) is 14.0 Å². The normalized spacial score (nSPS) is 18.9. The number of rotatable bonds is 8. The summed E-state index contributed by atoms with van der Waals surface area (Å²) in [6.07, 6.45) is 3.86. The van der Waals surface area contributed by atoms with Crippen molar-refractivity contribution in [2.45, 2.75) is 90.8 Å². The number of hydrogen-bond acceptors (Lipinski definition) is 10. The predicted octanol–water partition coefficient (Wildman–Crippen LogP) is 5.20. The van der Waals surface area contributed by atoms with E-state index in [1.54, 1.807) is 27.7 Å². The SMILES string of the molecule is CCN(C(=O)c1cnc(N2CC(NC(=O)OC(C)(C)C)C(c3cc(C)c(F)cc3F)C2)nc1)C1CCN(c2nc(C(C)C)no2)CC1. The Morgan fingerprint density at radius 2 is 1.77 bits per heavy atom. The molecule has 47 heavy (non-hydrogen) atoms. The number of aromatic nitrogens is 4.